The fourth-order valence-electron chi connectivity index (χ4n) is 1.05. The standard InChI is InChI=1S/C10H23N3O/c1-5-8(9(11)13-14)12-7-10(3,4)6-2/h8,12,14H,5-7H2,1-4H3,(H2,11,13). The van der Waals surface area contributed by atoms with Crippen LogP contribution in [0.3, 0.4) is 0 Å². The van der Waals surface area contributed by atoms with Crippen molar-refractivity contribution in [3.63, 3.8) is 0 Å². The number of rotatable bonds is 6. The summed E-state index contributed by atoms with van der Waals surface area (Å²) in [7, 11) is 0. The molecule has 0 aromatic heterocycles. The van der Waals surface area contributed by atoms with Gasteiger partial charge < -0.3 is 16.3 Å². The molecule has 0 rings (SSSR count). The van der Waals surface area contributed by atoms with Crippen molar-refractivity contribution < 1.29 is 5.21 Å². The zero-order valence-corrected chi connectivity index (χ0v) is 9.67. The van der Waals surface area contributed by atoms with Gasteiger partial charge in [0.15, 0.2) is 5.84 Å². The minimum Gasteiger partial charge on any atom is -0.409 e. The molecule has 0 heterocycles. The predicted molar refractivity (Wildman–Crippen MR) is 59.6 cm³/mol. The quantitative estimate of drug-likeness (QED) is 0.264. The van der Waals surface area contributed by atoms with Crippen molar-refractivity contribution in [2.24, 2.45) is 16.3 Å². The lowest BCUT2D eigenvalue weighted by atomic mass is 9.90. The molecule has 0 fully saturated rings. The Hall–Kier alpha value is -0.770. The molecule has 0 aliphatic heterocycles. The van der Waals surface area contributed by atoms with E-state index in [2.05, 4.69) is 31.2 Å². The maximum absolute atomic E-state index is 8.55. The van der Waals surface area contributed by atoms with E-state index in [0.717, 1.165) is 19.4 Å². The summed E-state index contributed by atoms with van der Waals surface area (Å²) in [6.45, 7) is 9.43. The number of hydrogen-bond acceptors (Lipinski definition) is 3. The van der Waals surface area contributed by atoms with E-state index in [1.54, 1.807) is 0 Å². The second-order valence-corrected chi connectivity index (χ2v) is 4.38. The average molecular weight is 201 g/mol. The first-order chi connectivity index (χ1) is 6.46. The maximum atomic E-state index is 8.55. The Balaban J connectivity index is 4.09. The summed E-state index contributed by atoms with van der Waals surface area (Å²) in [6.07, 6.45) is 1.93. The molecule has 0 aromatic rings. The van der Waals surface area contributed by atoms with Crippen molar-refractivity contribution in [3.05, 3.63) is 0 Å². The molecule has 4 nitrogen and oxygen atoms in total. The topological polar surface area (TPSA) is 70.6 Å². The summed E-state index contributed by atoms with van der Waals surface area (Å²) in [4.78, 5) is 0. The number of nitrogens with zero attached hydrogens (tertiary/aromatic N) is 1. The SMILES string of the molecule is CCC(NCC(C)(C)CC)C(N)=NO. The zero-order valence-electron chi connectivity index (χ0n) is 9.67. The highest BCUT2D eigenvalue weighted by atomic mass is 16.4. The van der Waals surface area contributed by atoms with Gasteiger partial charge in [0, 0.05) is 6.54 Å². The van der Waals surface area contributed by atoms with Crippen LogP contribution in [0.25, 0.3) is 0 Å². The predicted octanol–water partition coefficient (Wildman–Crippen LogP) is 1.54. The molecule has 0 bridgehead atoms. The lowest BCUT2D eigenvalue weighted by Crippen LogP contribution is -2.44. The van der Waals surface area contributed by atoms with E-state index in [0.29, 0.717) is 0 Å². The van der Waals surface area contributed by atoms with Gasteiger partial charge in [-0.15, -0.1) is 0 Å². The first kappa shape index (κ1) is 13.2. The Morgan fingerprint density at radius 2 is 2.07 bits per heavy atom. The van der Waals surface area contributed by atoms with Crippen molar-refractivity contribution >= 4 is 5.84 Å². The molecule has 0 saturated carbocycles. The fraction of sp³-hybridized carbons (Fsp3) is 0.900. The highest BCUT2D eigenvalue weighted by Gasteiger charge is 2.18. The Kier molecular flexibility index (Phi) is 5.53. The van der Waals surface area contributed by atoms with Crippen molar-refractivity contribution in [1.82, 2.24) is 5.32 Å². The van der Waals surface area contributed by atoms with E-state index in [1.165, 1.54) is 0 Å². The molecule has 84 valence electrons. The highest BCUT2D eigenvalue weighted by molar-refractivity contribution is 5.85. The summed E-state index contributed by atoms with van der Waals surface area (Å²) >= 11 is 0. The molecule has 0 aromatic carbocycles. The fourth-order valence-corrected chi connectivity index (χ4v) is 1.05. The summed E-state index contributed by atoms with van der Waals surface area (Å²) in [5.74, 6) is 0.263. The lowest BCUT2D eigenvalue weighted by molar-refractivity contribution is 0.303. The minimum atomic E-state index is -0.0224. The highest BCUT2D eigenvalue weighted by Crippen LogP contribution is 2.18. The van der Waals surface area contributed by atoms with E-state index in [9.17, 15) is 0 Å². The third-order valence-corrected chi connectivity index (χ3v) is 2.66. The molecule has 4 N–H and O–H groups in total. The Bertz CT molecular complexity index is 190. The molecular weight excluding hydrogens is 178 g/mol. The molecule has 1 atom stereocenters. The van der Waals surface area contributed by atoms with Crippen LogP contribution in [0.15, 0.2) is 5.16 Å². The van der Waals surface area contributed by atoms with Gasteiger partial charge in [0.1, 0.15) is 0 Å². The van der Waals surface area contributed by atoms with Crippen LogP contribution in [0.1, 0.15) is 40.5 Å². The molecule has 0 aliphatic carbocycles. The first-order valence-corrected chi connectivity index (χ1v) is 5.17. The van der Waals surface area contributed by atoms with Crippen LogP contribution in [0, 0.1) is 5.41 Å². The van der Waals surface area contributed by atoms with Crippen LogP contribution in [-0.4, -0.2) is 23.6 Å². The summed E-state index contributed by atoms with van der Waals surface area (Å²) in [5.41, 5.74) is 5.79. The van der Waals surface area contributed by atoms with Crippen LogP contribution in [-0.2, 0) is 0 Å². The van der Waals surface area contributed by atoms with Crippen molar-refractivity contribution in [1.29, 1.82) is 0 Å². The van der Waals surface area contributed by atoms with E-state index in [-0.39, 0.29) is 17.3 Å². The van der Waals surface area contributed by atoms with Crippen LogP contribution in [0.5, 0.6) is 0 Å². The molecule has 0 spiro atoms. The Morgan fingerprint density at radius 1 is 1.50 bits per heavy atom. The van der Waals surface area contributed by atoms with Gasteiger partial charge in [-0.25, -0.2) is 0 Å². The van der Waals surface area contributed by atoms with Gasteiger partial charge in [-0.3, -0.25) is 0 Å². The molecule has 4 heteroatoms. The number of oxime groups is 1. The van der Waals surface area contributed by atoms with Gasteiger partial charge in [0.05, 0.1) is 6.04 Å². The van der Waals surface area contributed by atoms with E-state index in [4.69, 9.17) is 10.9 Å². The third-order valence-electron chi connectivity index (χ3n) is 2.66. The minimum absolute atomic E-state index is 0.0224. The van der Waals surface area contributed by atoms with Crippen molar-refractivity contribution in [2.45, 2.75) is 46.6 Å². The summed E-state index contributed by atoms with van der Waals surface area (Å²) < 4.78 is 0. The largest absolute Gasteiger partial charge is 0.409 e. The van der Waals surface area contributed by atoms with Crippen LogP contribution in [0.4, 0.5) is 0 Å². The zero-order chi connectivity index (χ0) is 11.2. The van der Waals surface area contributed by atoms with Gasteiger partial charge in [0.2, 0.25) is 0 Å². The van der Waals surface area contributed by atoms with Gasteiger partial charge in [-0.1, -0.05) is 32.9 Å². The Labute approximate surface area is 86.6 Å². The molecule has 0 radical (unpaired) electrons. The van der Waals surface area contributed by atoms with E-state index in [1.807, 2.05) is 6.92 Å². The van der Waals surface area contributed by atoms with Gasteiger partial charge in [0.25, 0.3) is 0 Å². The number of nitrogens with two attached hydrogens (primary N) is 1. The first-order valence-electron chi connectivity index (χ1n) is 5.17. The number of hydrogen-bond donors (Lipinski definition) is 3. The lowest BCUT2D eigenvalue weighted by Gasteiger charge is -2.26. The van der Waals surface area contributed by atoms with Crippen LogP contribution < -0.4 is 11.1 Å². The second kappa shape index (κ2) is 5.86. The maximum Gasteiger partial charge on any atom is 0.156 e. The normalized spacial score (nSPS) is 15.6. The number of amidine groups is 1. The van der Waals surface area contributed by atoms with E-state index >= 15 is 0 Å². The average Bonchev–Trinajstić information content (AvgIpc) is 2.18. The molecule has 1 unspecified atom stereocenters. The molecule has 14 heavy (non-hydrogen) atoms. The third kappa shape index (κ3) is 4.46. The summed E-state index contributed by atoms with van der Waals surface area (Å²) in [6, 6.07) is -0.0224. The van der Waals surface area contributed by atoms with Crippen LogP contribution >= 0.6 is 0 Å². The molecule has 0 saturated heterocycles. The Morgan fingerprint density at radius 3 is 2.43 bits per heavy atom. The molecule has 0 aliphatic rings. The second-order valence-electron chi connectivity index (χ2n) is 4.38. The van der Waals surface area contributed by atoms with Gasteiger partial charge in [-0.05, 0) is 18.3 Å². The van der Waals surface area contributed by atoms with Gasteiger partial charge >= 0.3 is 0 Å². The monoisotopic (exact) mass is 201 g/mol. The molecular formula is C10H23N3O. The summed E-state index contributed by atoms with van der Waals surface area (Å²) in [5, 5.41) is 14.9. The van der Waals surface area contributed by atoms with Crippen molar-refractivity contribution in [3.8, 4) is 0 Å². The van der Waals surface area contributed by atoms with Crippen molar-refractivity contribution in [2.75, 3.05) is 6.54 Å². The van der Waals surface area contributed by atoms with E-state index < -0.39 is 0 Å². The molecule has 0 amide bonds. The number of nitrogens with one attached hydrogen (secondary N) is 1. The van der Waals surface area contributed by atoms with Gasteiger partial charge in [-0.2, -0.15) is 0 Å². The smallest absolute Gasteiger partial charge is 0.156 e. The van der Waals surface area contributed by atoms with Crippen LogP contribution in [0.2, 0.25) is 0 Å².